The van der Waals surface area contributed by atoms with Crippen LogP contribution in [0.15, 0.2) is 22.9 Å². The highest BCUT2D eigenvalue weighted by Gasteiger charge is 2.39. The molecule has 0 saturated carbocycles. The summed E-state index contributed by atoms with van der Waals surface area (Å²) in [6, 6.07) is 2.50. The molecule has 1 fully saturated rings. The van der Waals surface area contributed by atoms with Crippen LogP contribution >= 0.6 is 15.9 Å². The number of carboxylic acid groups (broad SMARTS) is 1. The van der Waals surface area contributed by atoms with Crippen molar-refractivity contribution in [3.8, 4) is 0 Å². The van der Waals surface area contributed by atoms with Crippen LogP contribution in [0.1, 0.15) is 12.0 Å². The van der Waals surface area contributed by atoms with Gasteiger partial charge in [-0.25, -0.2) is 14.2 Å². The molecule has 0 radical (unpaired) electrons. The molecule has 108 valence electrons. The summed E-state index contributed by atoms with van der Waals surface area (Å²) in [5.41, 5.74) is 0.817. The normalized spacial score (nSPS) is 21.8. The summed E-state index contributed by atoms with van der Waals surface area (Å²) in [4.78, 5) is 27.7. The number of hydrogen-bond acceptors (Lipinski definition) is 3. The predicted octanol–water partition coefficient (Wildman–Crippen LogP) is 1.55. The molecule has 1 aliphatic rings. The Morgan fingerprint density at radius 2 is 2.35 bits per heavy atom. The third kappa shape index (κ3) is 3.44. The maximum absolute atomic E-state index is 13.3. The SMILES string of the molecule is O=C(NCc1ccnc(Br)c1)[C@@H]1C[C@@H](F)CN1C(=O)O. The lowest BCUT2D eigenvalue weighted by Crippen LogP contribution is -2.45. The Bertz CT molecular complexity index is 528. The molecule has 6 nitrogen and oxygen atoms in total. The molecule has 1 aromatic rings. The molecule has 2 N–H and O–H groups in total. The Hall–Kier alpha value is -1.70. The van der Waals surface area contributed by atoms with Gasteiger partial charge >= 0.3 is 6.09 Å². The number of rotatable bonds is 3. The standard InChI is InChI=1S/C12H13BrFN3O3/c13-10-3-7(1-2-15-10)5-16-11(18)9-4-8(14)6-17(9)12(19)20/h1-3,8-9H,4-6H2,(H,16,18)(H,19,20)/t8-,9+/m1/s1. The summed E-state index contributed by atoms with van der Waals surface area (Å²) in [5, 5.41) is 11.6. The van der Waals surface area contributed by atoms with E-state index in [1.807, 2.05) is 0 Å². The number of pyridine rings is 1. The molecular formula is C12H13BrFN3O3. The second-order valence-corrected chi connectivity index (χ2v) is 5.30. The number of amides is 2. The number of carbonyl (C=O) groups excluding carboxylic acids is 1. The quantitative estimate of drug-likeness (QED) is 0.814. The number of halogens is 2. The van der Waals surface area contributed by atoms with Gasteiger partial charge < -0.3 is 10.4 Å². The average molecular weight is 346 g/mol. The number of carbonyl (C=O) groups is 2. The van der Waals surface area contributed by atoms with Gasteiger partial charge in [-0.2, -0.15) is 0 Å². The highest BCUT2D eigenvalue weighted by Crippen LogP contribution is 2.20. The monoisotopic (exact) mass is 345 g/mol. The van der Waals surface area contributed by atoms with Crippen molar-refractivity contribution in [2.24, 2.45) is 0 Å². The van der Waals surface area contributed by atoms with E-state index in [9.17, 15) is 14.0 Å². The molecule has 0 unspecified atom stereocenters. The van der Waals surface area contributed by atoms with Gasteiger partial charge in [0, 0.05) is 19.2 Å². The van der Waals surface area contributed by atoms with Crippen molar-refractivity contribution in [3.63, 3.8) is 0 Å². The summed E-state index contributed by atoms with van der Waals surface area (Å²) in [6.45, 7) is -0.0188. The van der Waals surface area contributed by atoms with Crippen LogP contribution in [0.25, 0.3) is 0 Å². The Morgan fingerprint density at radius 1 is 1.60 bits per heavy atom. The predicted molar refractivity (Wildman–Crippen MR) is 71.8 cm³/mol. The van der Waals surface area contributed by atoms with Crippen molar-refractivity contribution >= 4 is 27.9 Å². The first kappa shape index (κ1) is 14.7. The zero-order valence-corrected chi connectivity index (χ0v) is 12.0. The number of aromatic nitrogens is 1. The Morgan fingerprint density at radius 3 is 3.00 bits per heavy atom. The van der Waals surface area contributed by atoms with Crippen molar-refractivity contribution in [1.82, 2.24) is 15.2 Å². The van der Waals surface area contributed by atoms with Crippen LogP contribution in [0.2, 0.25) is 0 Å². The summed E-state index contributed by atoms with van der Waals surface area (Å²) in [6.07, 6.45) is -1.09. The maximum atomic E-state index is 13.3. The van der Waals surface area contributed by atoms with Crippen molar-refractivity contribution in [2.75, 3.05) is 6.54 Å². The van der Waals surface area contributed by atoms with E-state index in [4.69, 9.17) is 5.11 Å². The Balaban J connectivity index is 1.96. The van der Waals surface area contributed by atoms with E-state index in [2.05, 4.69) is 26.2 Å². The van der Waals surface area contributed by atoms with Gasteiger partial charge in [-0.3, -0.25) is 9.69 Å². The molecule has 20 heavy (non-hydrogen) atoms. The van der Waals surface area contributed by atoms with E-state index in [0.717, 1.165) is 10.5 Å². The van der Waals surface area contributed by atoms with Crippen LogP contribution in [0.4, 0.5) is 9.18 Å². The van der Waals surface area contributed by atoms with Gasteiger partial charge in [0.05, 0.1) is 6.54 Å². The van der Waals surface area contributed by atoms with E-state index < -0.39 is 24.2 Å². The molecule has 1 aliphatic heterocycles. The molecule has 2 heterocycles. The van der Waals surface area contributed by atoms with E-state index >= 15 is 0 Å². The third-order valence-corrected chi connectivity index (χ3v) is 3.49. The Labute approximate surface area is 123 Å². The lowest BCUT2D eigenvalue weighted by atomic mass is 10.2. The lowest BCUT2D eigenvalue weighted by molar-refractivity contribution is -0.125. The summed E-state index contributed by atoms with van der Waals surface area (Å²) >= 11 is 3.21. The summed E-state index contributed by atoms with van der Waals surface area (Å²) in [5.74, 6) is -0.486. The average Bonchev–Trinajstić information content (AvgIpc) is 2.78. The van der Waals surface area contributed by atoms with Crippen molar-refractivity contribution in [2.45, 2.75) is 25.2 Å². The zero-order valence-electron chi connectivity index (χ0n) is 10.4. The number of nitrogens with one attached hydrogen (secondary N) is 1. The molecule has 0 aliphatic carbocycles. The number of alkyl halides is 1. The molecule has 1 aromatic heterocycles. The van der Waals surface area contributed by atoms with E-state index in [-0.39, 0.29) is 19.5 Å². The topological polar surface area (TPSA) is 82.5 Å². The fourth-order valence-corrected chi connectivity index (χ4v) is 2.52. The van der Waals surface area contributed by atoms with E-state index in [1.54, 1.807) is 18.3 Å². The van der Waals surface area contributed by atoms with Crippen LogP contribution < -0.4 is 5.32 Å². The van der Waals surface area contributed by atoms with Crippen LogP contribution in [-0.4, -0.2) is 45.7 Å². The van der Waals surface area contributed by atoms with Gasteiger partial charge in [0.2, 0.25) is 5.91 Å². The number of likely N-dealkylation sites (tertiary alicyclic amines) is 1. The number of nitrogens with zero attached hydrogens (tertiary/aromatic N) is 2. The fraction of sp³-hybridized carbons (Fsp3) is 0.417. The van der Waals surface area contributed by atoms with Gasteiger partial charge in [0.15, 0.2) is 0 Å². The highest BCUT2D eigenvalue weighted by molar-refractivity contribution is 9.10. The lowest BCUT2D eigenvalue weighted by Gasteiger charge is -2.20. The second kappa shape index (κ2) is 6.17. The van der Waals surface area contributed by atoms with Crippen LogP contribution in [-0.2, 0) is 11.3 Å². The molecule has 2 amide bonds. The second-order valence-electron chi connectivity index (χ2n) is 4.49. The van der Waals surface area contributed by atoms with E-state index in [0.29, 0.717) is 4.60 Å². The summed E-state index contributed by atoms with van der Waals surface area (Å²) < 4.78 is 13.9. The van der Waals surface area contributed by atoms with E-state index in [1.165, 1.54) is 0 Å². The molecule has 2 atom stereocenters. The molecule has 2 rings (SSSR count). The number of hydrogen-bond donors (Lipinski definition) is 2. The van der Waals surface area contributed by atoms with Crippen molar-refractivity contribution in [3.05, 3.63) is 28.5 Å². The van der Waals surface area contributed by atoms with Gasteiger partial charge in [-0.1, -0.05) is 0 Å². The first-order chi connectivity index (χ1) is 9.47. The van der Waals surface area contributed by atoms with Gasteiger partial charge in [-0.15, -0.1) is 0 Å². The first-order valence-electron chi connectivity index (χ1n) is 5.99. The minimum atomic E-state index is -1.29. The smallest absolute Gasteiger partial charge is 0.408 e. The maximum Gasteiger partial charge on any atom is 0.408 e. The largest absolute Gasteiger partial charge is 0.465 e. The highest BCUT2D eigenvalue weighted by atomic mass is 79.9. The molecule has 0 bridgehead atoms. The third-order valence-electron chi connectivity index (χ3n) is 3.06. The van der Waals surface area contributed by atoms with Crippen molar-refractivity contribution < 1.29 is 19.1 Å². The minimum Gasteiger partial charge on any atom is -0.465 e. The minimum absolute atomic E-state index is 0.0990. The zero-order chi connectivity index (χ0) is 14.7. The van der Waals surface area contributed by atoms with Gasteiger partial charge in [-0.05, 0) is 33.6 Å². The van der Waals surface area contributed by atoms with Gasteiger partial charge in [0.1, 0.15) is 16.8 Å². The van der Waals surface area contributed by atoms with Crippen LogP contribution in [0, 0.1) is 0 Å². The van der Waals surface area contributed by atoms with Crippen LogP contribution in [0.3, 0.4) is 0 Å². The first-order valence-corrected chi connectivity index (χ1v) is 6.78. The Kier molecular flexibility index (Phi) is 4.53. The molecule has 0 spiro atoms. The van der Waals surface area contributed by atoms with Gasteiger partial charge in [0.25, 0.3) is 0 Å². The fourth-order valence-electron chi connectivity index (χ4n) is 2.10. The van der Waals surface area contributed by atoms with Crippen LogP contribution in [0.5, 0.6) is 0 Å². The molecular weight excluding hydrogens is 333 g/mol. The van der Waals surface area contributed by atoms with Crippen molar-refractivity contribution in [1.29, 1.82) is 0 Å². The molecule has 8 heteroatoms. The molecule has 0 aromatic carbocycles. The molecule has 1 saturated heterocycles. The summed E-state index contributed by atoms with van der Waals surface area (Å²) in [7, 11) is 0.